The third kappa shape index (κ3) is 7.22. The van der Waals surface area contributed by atoms with Crippen molar-refractivity contribution in [3.63, 3.8) is 0 Å². The van der Waals surface area contributed by atoms with Gasteiger partial charge < -0.3 is 9.84 Å². The van der Waals surface area contributed by atoms with Crippen LogP contribution in [0.15, 0.2) is 60.7 Å². The van der Waals surface area contributed by atoms with E-state index in [0.717, 1.165) is 13.0 Å². The highest BCUT2D eigenvalue weighted by atomic mass is 16.5. The van der Waals surface area contributed by atoms with Crippen LogP contribution in [0.3, 0.4) is 0 Å². The third-order valence-corrected chi connectivity index (χ3v) is 3.08. The van der Waals surface area contributed by atoms with Gasteiger partial charge in [-0.1, -0.05) is 67.6 Å². The quantitative estimate of drug-likeness (QED) is 0.803. The minimum absolute atomic E-state index is 0.271. The molecule has 0 amide bonds. The monoisotopic (exact) mass is 314 g/mol. The third-order valence-electron chi connectivity index (χ3n) is 3.08. The summed E-state index contributed by atoms with van der Waals surface area (Å²) in [6.07, 6.45) is 0.446. The molecule has 0 heterocycles. The highest BCUT2D eigenvalue weighted by Crippen LogP contribution is 2.17. The summed E-state index contributed by atoms with van der Waals surface area (Å²) in [6.45, 7) is 7.12. The van der Waals surface area contributed by atoms with Crippen LogP contribution in [0, 0.1) is 0 Å². The number of aliphatic hydroxyl groups is 1. The van der Waals surface area contributed by atoms with Gasteiger partial charge in [-0.25, -0.2) is 0 Å². The molecule has 124 valence electrons. The molecule has 1 atom stereocenters. The number of hydrogen-bond donors (Lipinski definition) is 1. The molecule has 23 heavy (non-hydrogen) atoms. The molecule has 1 unspecified atom stereocenters. The zero-order chi connectivity index (χ0) is 17.1. The number of ether oxygens (including phenoxy) is 1. The Labute approximate surface area is 138 Å². The van der Waals surface area contributed by atoms with E-state index in [9.17, 15) is 9.90 Å². The molecule has 2 aromatic carbocycles. The molecule has 0 radical (unpaired) electrons. The highest BCUT2D eigenvalue weighted by Gasteiger charge is 2.18. The van der Waals surface area contributed by atoms with Gasteiger partial charge in [0.1, 0.15) is 6.10 Å². The number of Topliss-reactive ketones (excluding diaryl/α,β-unsaturated/α-hetero) is 1. The number of aliphatic hydroxyl groups excluding tert-OH is 1. The summed E-state index contributed by atoms with van der Waals surface area (Å²) in [6, 6.07) is 17.7. The van der Waals surface area contributed by atoms with Crippen molar-refractivity contribution >= 4 is 5.78 Å². The largest absolute Gasteiger partial charge is 0.380 e. The van der Waals surface area contributed by atoms with E-state index in [1.165, 1.54) is 0 Å². The molecule has 0 aromatic heterocycles. The fourth-order valence-corrected chi connectivity index (χ4v) is 1.90. The second kappa shape index (κ2) is 10.7. The van der Waals surface area contributed by atoms with E-state index >= 15 is 0 Å². The maximum atomic E-state index is 11.9. The van der Waals surface area contributed by atoms with Crippen molar-refractivity contribution in [2.45, 2.75) is 39.4 Å². The molecule has 2 aromatic rings. The van der Waals surface area contributed by atoms with Crippen molar-refractivity contribution in [2.24, 2.45) is 0 Å². The van der Waals surface area contributed by atoms with Crippen molar-refractivity contribution < 1.29 is 14.6 Å². The van der Waals surface area contributed by atoms with Gasteiger partial charge in [-0.15, -0.1) is 0 Å². The molecule has 0 saturated carbocycles. The predicted octanol–water partition coefficient (Wildman–Crippen LogP) is 4.42. The van der Waals surface area contributed by atoms with Crippen LogP contribution in [0.1, 0.15) is 49.2 Å². The molecule has 1 N–H and O–H groups in total. The Kier molecular flexibility index (Phi) is 8.88. The molecule has 0 spiro atoms. The maximum absolute atomic E-state index is 11.9. The highest BCUT2D eigenvalue weighted by molar-refractivity contribution is 5.99. The SMILES string of the molecule is CCCOC(C)C.O=C(c1ccccc1)C(O)c1ccccc1. The molecule has 0 saturated heterocycles. The molecule has 3 nitrogen and oxygen atoms in total. The molecule has 0 aliphatic heterocycles. The summed E-state index contributed by atoms with van der Waals surface area (Å²) < 4.78 is 5.19. The van der Waals surface area contributed by atoms with Gasteiger partial charge in [0.2, 0.25) is 0 Å². The van der Waals surface area contributed by atoms with Crippen LogP contribution in [-0.2, 0) is 4.74 Å². The van der Waals surface area contributed by atoms with Crippen LogP contribution in [0.2, 0.25) is 0 Å². The Bertz CT molecular complexity index is 550. The first-order valence-corrected chi connectivity index (χ1v) is 8.00. The van der Waals surface area contributed by atoms with Gasteiger partial charge in [0.25, 0.3) is 0 Å². The first-order valence-electron chi connectivity index (χ1n) is 8.00. The standard InChI is InChI=1S/C14H12O2.C6H14O/c15-13(11-7-3-1-4-8-11)14(16)12-9-5-2-6-10-12;1-4-5-7-6(2)3/h1-10,13,15H;6H,4-5H2,1-3H3. The second-order valence-electron chi connectivity index (χ2n) is 5.46. The molecule has 0 aliphatic carbocycles. The molecule has 0 bridgehead atoms. The normalized spacial score (nSPS) is 11.5. The molecule has 0 fully saturated rings. The zero-order valence-electron chi connectivity index (χ0n) is 14.1. The van der Waals surface area contributed by atoms with Gasteiger partial charge in [-0.05, 0) is 25.8 Å². The zero-order valence-corrected chi connectivity index (χ0v) is 14.1. The second-order valence-corrected chi connectivity index (χ2v) is 5.46. The topological polar surface area (TPSA) is 46.5 Å². The Morgan fingerprint density at radius 3 is 1.96 bits per heavy atom. The fourth-order valence-electron chi connectivity index (χ4n) is 1.90. The average Bonchev–Trinajstić information content (AvgIpc) is 2.60. The number of benzene rings is 2. The number of rotatable bonds is 6. The number of hydrogen-bond acceptors (Lipinski definition) is 3. The molecule has 3 heteroatoms. The Balaban J connectivity index is 0.000000322. The van der Waals surface area contributed by atoms with Crippen LogP contribution in [0.25, 0.3) is 0 Å². The maximum Gasteiger partial charge on any atom is 0.195 e. The summed E-state index contributed by atoms with van der Waals surface area (Å²) in [5, 5.41) is 9.89. The Morgan fingerprint density at radius 1 is 1.00 bits per heavy atom. The summed E-state index contributed by atoms with van der Waals surface area (Å²) in [4.78, 5) is 11.9. The lowest BCUT2D eigenvalue weighted by atomic mass is 10.0. The molecule has 2 rings (SSSR count). The van der Waals surface area contributed by atoms with Crippen molar-refractivity contribution in [2.75, 3.05) is 6.61 Å². The predicted molar refractivity (Wildman–Crippen MR) is 93.6 cm³/mol. The lowest BCUT2D eigenvalue weighted by Gasteiger charge is -2.09. The van der Waals surface area contributed by atoms with E-state index < -0.39 is 6.10 Å². The molecule has 0 aliphatic rings. The van der Waals surface area contributed by atoms with E-state index in [4.69, 9.17) is 4.74 Å². The molecular formula is C20H26O3. The number of ketones is 1. The minimum Gasteiger partial charge on any atom is -0.380 e. The minimum atomic E-state index is -1.08. The first-order chi connectivity index (χ1) is 11.1. The fraction of sp³-hybridized carbons (Fsp3) is 0.350. The molecular weight excluding hydrogens is 288 g/mol. The smallest absolute Gasteiger partial charge is 0.195 e. The van der Waals surface area contributed by atoms with E-state index in [1.54, 1.807) is 48.5 Å². The van der Waals surface area contributed by atoms with Gasteiger partial charge in [-0.3, -0.25) is 4.79 Å². The van der Waals surface area contributed by atoms with Crippen LogP contribution in [0.4, 0.5) is 0 Å². The number of carbonyl (C=O) groups excluding carboxylic acids is 1. The van der Waals surface area contributed by atoms with Gasteiger partial charge in [0, 0.05) is 12.2 Å². The van der Waals surface area contributed by atoms with Crippen molar-refractivity contribution in [1.82, 2.24) is 0 Å². The summed E-state index contributed by atoms with van der Waals surface area (Å²) in [5.74, 6) is -0.271. The summed E-state index contributed by atoms with van der Waals surface area (Å²) >= 11 is 0. The van der Waals surface area contributed by atoms with Crippen molar-refractivity contribution in [1.29, 1.82) is 0 Å². The average molecular weight is 314 g/mol. The van der Waals surface area contributed by atoms with Crippen LogP contribution in [-0.4, -0.2) is 23.6 Å². The van der Waals surface area contributed by atoms with Gasteiger partial charge in [0.05, 0.1) is 6.10 Å². The van der Waals surface area contributed by atoms with E-state index in [2.05, 4.69) is 20.8 Å². The van der Waals surface area contributed by atoms with Gasteiger partial charge >= 0.3 is 0 Å². The summed E-state index contributed by atoms with van der Waals surface area (Å²) in [7, 11) is 0. The van der Waals surface area contributed by atoms with E-state index in [1.807, 2.05) is 12.1 Å². The Hall–Kier alpha value is -1.97. The van der Waals surface area contributed by atoms with Crippen LogP contribution < -0.4 is 0 Å². The van der Waals surface area contributed by atoms with Gasteiger partial charge in [-0.2, -0.15) is 0 Å². The first kappa shape index (κ1) is 19.1. The van der Waals surface area contributed by atoms with Gasteiger partial charge in [0.15, 0.2) is 5.78 Å². The van der Waals surface area contributed by atoms with Crippen LogP contribution >= 0.6 is 0 Å². The van der Waals surface area contributed by atoms with Crippen LogP contribution in [0.5, 0.6) is 0 Å². The van der Waals surface area contributed by atoms with Crippen molar-refractivity contribution in [3.8, 4) is 0 Å². The van der Waals surface area contributed by atoms with Crippen molar-refractivity contribution in [3.05, 3.63) is 71.8 Å². The Morgan fingerprint density at radius 2 is 1.52 bits per heavy atom. The lowest BCUT2D eigenvalue weighted by molar-refractivity contribution is 0.0747. The summed E-state index contributed by atoms with van der Waals surface area (Å²) in [5.41, 5.74) is 1.15. The van der Waals surface area contributed by atoms with E-state index in [0.29, 0.717) is 17.2 Å². The lowest BCUT2D eigenvalue weighted by Crippen LogP contribution is -2.11. The number of carbonyl (C=O) groups is 1. The van der Waals surface area contributed by atoms with E-state index in [-0.39, 0.29) is 5.78 Å².